The van der Waals surface area contributed by atoms with Crippen molar-refractivity contribution >= 4 is 11.6 Å². The summed E-state index contributed by atoms with van der Waals surface area (Å²) < 4.78 is 0. The van der Waals surface area contributed by atoms with Gasteiger partial charge >= 0.3 is 0 Å². The summed E-state index contributed by atoms with van der Waals surface area (Å²) in [5, 5.41) is 15.4. The van der Waals surface area contributed by atoms with Crippen molar-refractivity contribution in [2.24, 2.45) is 0 Å². The molecular formula is C12H14N4O. The molecule has 0 aliphatic rings. The van der Waals surface area contributed by atoms with Crippen molar-refractivity contribution in [3.05, 3.63) is 30.3 Å². The Labute approximate surface area is 99.6 Å². The topological polar surface area (TPSA) is 70.1 Å². The zero-order valence-corrected chi connectivity index (χ0v) is 9.73. The van der Waals surface area contributed by atoms with E-state index < -0.39 is 0 Å². The Bertz CT molecular complexity index is 505. The number of hydrogen-bond acceptors (Lipinski definition) is 5. The van der Waals surface area contributed by atoms with Crippen LogP contribution in [0.2, 0.25) is 0 Å². The highest BCUT2D eigenvalue weighted by Crippen LogP contribution is 2.22. The Morgan fingerprint density at radius 2 is 1.65 bits per heavy atom. The number of hydrogen-bond donors (Lipinski definition) is 3. The molecule has 2 rings (SSSR count). The van der Waals surface area contributed by atoms with Gasteiger partial charge in [-0.25, -0.2) is 9.97 Å². The van der Waals surface area contributed by atoms with Crippen molar-refractivity contribution in [2.75, 3.05) is 24.7 Å². The average Bonchev–Trinajstić information content (AvgIpc) is 2.38. The highest BCUT2D eigenvalue weighted by Gasteiger charge is 2.06. The number of benzene rings is 1. The Morgan fingerprint density at radius 3 is 2.18 bits per heavy atom. The van der Waals surface area contributed by atoms with Crippen LogP contribution in [0.1, 0.15) is 0 Å². The predicted molar refractivity (Wildman–Crippen MR) is 68.2 cm³/mol. The first-order valence-corrected chi connectivity index (χ1v) is 5.27. The van der Waals surface area contributed by atoms with E-state index in [-0.39, 0.29) is 5.75 Å². The van der Waals surface area contributed by atoms with Gasteiger partial charge in [0, 0.05) is 25.7 Å². The van der Waals surface area contributed by atoms with Crippen molar-refractivity contribution in [2.45, 2.75) is 0 Å². The summed E-state index contributed by atoms with van der Waals surface area (Å²) in [5.74, 6) is 2.22. The number of phenolic OH excluding ortho intramolecular Hbond substituents is 1. The number of phenols is 1. The van der Waals surface area contributed by atoms with Crippen LogP contribution < -0.4 is 10.6 Å². The molecule has 0 radical (unpaired) electrons. The molecule has 0 atom stereocenters. The lowest BCUT2D eigenvalue weighted by atomic mass is 10.2. The minimum absolute atomic E-state index is 0.201. The number of nitrogens with zero attached hydrogens (tertiary/aromatic N) is 2. The van der Waals surface area contributed by atoms with Crippen molar-refractivity contribution in [1.29, 1.82) is 0 Å². The number of aromatic nitrogens is 2. The summed E-state index contributed by atoms with van der Waals surface area (Å²) in [6.07, 6.45) is 0. The van der Waals surface area contributed by atoms with Crippen molar-refractivity contribution in [3.63, 3.8) is 0 Å². The molecule has 0 aliphatic heterocycles. The van der Waals surface area contributed by atoms with Crippen LogP contribution in [-0.4, -0.2) is 29.2 Å². The Kier molecular flexibility index (Phi) is 3.09. The van der Waals surface area contributed by atoms with Gasteiger partial charge in [-0.3, -0.25) is 0 Å². The maximum Gasteiger partial charge on any atom is 0.163 e. The molecule has 0 bridgehead atoms. The van der Waals surface area contributed by atoms with Crippen LogP contribution in [0.4, 0.5) is 11.6 Å². The summed E-state index contributed by atoms with van der Waals surface area (Å²) in [7, 11) is 3.60. The van der Waals surface area contributed by atoms with E-state index in [4.69, 9.17) is 0 Å². The van der Waals surface area contributed by atoms with E-state index in [0.717, 1.165) is 17.2 Å². The van der Waals surface area contributed by atoms with Gasteiger partial charge in [-0.05, 0) is 12.1 Å². The molecule has 5 heteroatoms. The number of nitrogens with one attached hydrogen (secondary N) is 2. The van der Waals surface area contributed by atoms with E-state index >= 15 is 0 Å². The van der Waals surface area contributed by atoms with Crippen LogP contribution in [0.3, 0.4) is 0 Å². The summed E-state index contributed by atoms with van der Waals surface area (Å²) in [4.78, 5) is 8.68. The molecule has 88 valence electrons. The second kappa shape index (κ2) is 4.69. The van der Waals surface area contributed by atoms with Crippen LogP contribution in [0.5, 0.6) is 5.75 Å². The van der Waals surface area contributed by atoms with Crippen LogP contribution in [0.15, 0.2) is 30.3 Å². The normalized spacial score (nSPS) is 10.0. The number of rotatable bonds is 3. The summed E-state index contributed by atoms with van der Waals surface area (Å²) in [6.45, 7) is 0. The summed E-state index contributed by atoms with van der Waals surface area (Å²) in [6, 6.07) is 8.68. The summed E-state index contributed by atoms with van der Waals surface area (Å²) in [5.41, 5.74) is 0.776. The molecule has 0 spiro atoms. The maximum atomic E-state index is 9.44. The fraction of sp³-hybridized carbons (Fsp3) is 0.167. The molecule has 5 nitrogen and oxygen atoms in total. The van der Waals surface area contributed by atoms with Gasteiger partial charge in [-0.1, -0.05) is 12.1 Å². The Balaban J connectivity index is 2.50. The van der Waals surface area contributed by atoms with Gasteiger partial charge in [-0.2, -0.15) is 0 Å². The fourth-order valence-electron chi connectivity index (χ4n) is 1.48. The van der Waals surface area contributed by atoms with E-state index in [1.165, 1.54) is 0 Å². The second-order valence-corrected chi connectivity index (χ2v) is 3.51. The minimum atomic E-state index is 0.201. The van der Waals surface area contributed by atoms with Crippen molar-refractivity contribution in [3.8, 4) is 17.1 Å². The molecule has 0 fully saturated rings. The smallest absolute Gasteiger partial charge is 0.163 e. The zero-order chi connectivity index (χ0) is 12.3. The molecule has 1 aromatic carbocycles. The largest absolute Gasteiger partial charge is 0.508 e. The second-order valence-electron chi connectivity index (χ2n) is 3.51. The average molecular weight is 230 g/mol. The third-order valence-electron chi connectivity index (χ3n) is 2.34. The van der Waals surface area contributed by atoms with Gasteiger partial charge in [0.15, 0.2) is 5.82 Å². The van der Waals surface area contributed by atoms with Gasteiger partial charge in [0.25, 0.3) is 0 Å². The third kappa shape index (κ3) is 2.44. The van der Waals surface area contributed by atoms with Crippen LogP contribution in [0.25, 0.3) is 11.4 Å². The highest BCUT2D eigenvalue weighted by molar-refractivity contribution is 5.62. The summed E-state index contributed by atoms with van der Waals surface area (Å²) >= 11 is 0. The lowest BCUT2D eigenvalue weighted by Gasteiger charge is -2.07. The standard InChI is InChI=1S/C12H14N4O/c1-13-10-7-11(14-2)16-12(15-10)8-4-3-5-9(17)6-8/h3-7,17H,1-2H3,(H2,13,14,15,16). The van der Waals surface area contributed by atoms with Gasteiger partial charge in [0.05, 0.1) is 0 Å². The van der Waals surface area contributed by atoms with E-state index in [2.05, 4.69) is 20.6 Å². The molecule has 3 N–H and O–H groups in total. The SMILES string of the molecule is CNc1cc(NC)nc(-c2cccc(O)c2)n1. The first-order chi connectivity index (χ1) is 8.22. The predicted octanol–water partition coefficient (Wildman–Crippen LogP) is 1.93. The highest BCUT2D eigenvalue weighted by atomic mass is 16.3. The third-order valence-corrected chi connectivity index (χ3v) is 2.34. The lowest BCUT2D eigenvalue weighted by molar-refractivity contribution is 0.475. The van der Waals surface area contributed by atoms with E-state index in [9.17, 15) is 5.11 Å². The molecule has 2 aromatic rings. The van der Waals surface area contributed by atoms with Gasteiger partial charge in [0.2, 0.25) is 0 Å². The van der Waals surface area contributed by atoms with E-state index in [1.807, 2.05) is 12.1 Å². The Hall–Kier alpha value is -2.30. The quantitative estimate of drug-likeness (QED) is 0.751. The first kappa shape index (κ1) is 11.2. The first-order valence-electron chi connectivity index (χ1n) is 5.27. The monoisotopic (exact) mass is 230 g/mol. The molecule has 0 saturated heterocycles. The van der Waals surface area contributed by atoms with Gasteiger partial charge < -0.3 is 15.7 Å². The molecule has 0 aliphatic carbocycles. The molecule has 17 heavy (non-hydrogen) atoms. The van der Waals surface area contributed by atoms with Gasteiger partial charge in [0.1, 0.15) is 17.4 Å². The van der Waals surface area contributed by atoms with Crippen LogP contribution >= 0.6 is 0 Å². The van der Waals surface area contributed by atoms with Crippen molar-refractivity contribution < 1.29 is 5.11 Å². The van der Waals surface area contributed by atoms with E-state index in [1.54, 1.807) is 32.3 Å². The van der Waals surface area contributed by atoms with E-state index in [0.29, 0.717) is 5.82 Å². The van der Waals surface area contributed by atoms with Crippen molar-refractivity contribution in [1.82, 2.24) is 9.97 Å². The number of anilines is 2. The Morgan fingerprint density at radius 1 is 1.00 bits per heavy atom. The van der Waals surface area contributed by atoms with Crippen LogP contribution in [0, 0.1) is 0 Å². The molecular weight excluding hydrogens is 216 g/mol. The van der Waals surface area contributed by atoms with Crippen LogP contribution in [-0.2, 0) is 0 Å². The van der Waals surface area contributed by atoms with Gasteiger partial charge in [-0.15, -0.1) is 0 Å². The molecule has 0 amide bonds. The lowest BCUT2D eigenvalue weighted by Crippen LogP contribution is -2.01. The fourth-order valence-corrected chi connectivity index (χ4v) is 1.48. The minimum Gasteiger partial charge on any atom is -0.508 e. The molecule has 0 saturated carbocycles. The number of aromatic hydroxyl groups is 1. The molecule has 1 heterocycles. The molecule has 0 unspecified atom stereocenters. The maximum absolute atomic E-state index is 9.44. The molecule has 1 aromatic heterocycles. The zero-order valence-electron chi connectivity index (χ0n) is 9.73.